The molecule has 0 saturated heterocycles. The zero-order valence-electron chi connectivity index (χ0n) is 10.4. The van der Waals surface area contributed by atoms with Gasteiger partial charge < -0.3 is 10.4 Å². The van der Waals surface area contributed by atoms with E-state index in [1.54, 1.807) is 19.1 Å². The van der Waals surface area contributed by atoms with Crippen molar-refractivity contribution in [2.24, 2.45) is 0 Å². The summed E-state index contributed by atoms with van der Waals surface area (Å²) in [4.78, 5) is 10.4. The summed E-state index contributed by atoms with van der Waals surface area (Å²) < 4.78 is 0. The van der Waals surface area contributed by atoms with Crippen molar-refractivity contribution >= 4 is 23.0 Å². The Bertz CT molecular complexity index is 435. The average molecular weight is 273 g/mol. The molecule has 100 valence electrons. The maximum absolute atomic E-state index is 10.9. The lowest BCUT2D eigenvalue weighted by Crippen LogP contribution is -2.33. The highest BCUT2D eigenvalue weighted by atomic mass is 35.5. The number of nitro benzene ring substituents is 1. The molecule has 1 rings (SSSR count). The van der Waals surface area contributed by atoms with Crippen LogP contribution in [0.2, 0.25) is 5.02 Å². The normalized spacial score (nSPS) is 14.0. The molecule has 0 aliphatic carbocycles. The smallest absolute Gasteiger partial charge is 0.310 e. The Labute approximate surface area is 111 Å². The zero-order chi connectivity index (χ0) is 13.8. The second-order valence-electron chi connectivity index (χ2n) is 4.49. The van der Waals surface area contributed by atoms with Gasteiger partial charge in [0.05, 0.1) is 10.5 Å². The van der Waals surface area contributed by atoms with Crippen molar-refractivity contribution in [3.05, 3.63) is 33.3 Å². The van der Waals surface area contributed by atoms with Gasteiger partial charge in [-0.05, 0) is 25.5 Å². The first-order chi connectivity index (χ1) is 8.37. The number of aliphatic hydroxyl groups is 1. The Morgan fingerprint density at radius 3 is 2.78 bits per heavy atom. The molecule has 2 N–H and O–H groups in total. The molecule has 1 aromatic carbocycles. The molecule has 1 unspecified atom stereocenters. The van der Waals surface area contributed by atoms with Crippen molar-refractivity contribution in [1.82, 2.24) is 0 Å². The highest BCUT2D eigenvalue weighted by Gasteiger charge is 2.22. The monoisotopic (exact) mass is 272 g/mol. The van der Waals surface area contributed by atoms with E-state index in [0.717, 1.165) is 6.42 Å². The van der Waals surface area contributed by atoms with Crippen LogP contribution in [-0.2, 0) is 0 Å². The maximum Gasteiger partial charge on any atom is 0.310 e. The van der Waals surface area contributed by atoms with Gasteiger partial charge in [0.1, 0.15) is 10.7 Å². The SMILES string of the molecule is CCCC(C)(O)CNc1cccc(Cl)c1[N+](=O)[O-]. The lowest BCUT2D eigenvalue weighted by molar-refractivity contribution is -0.383. The summed E-state index contributed by atoms with van der Waals surface area (Å²) in [5.74, 6) is 0. The summed E-state index contributed by atoms with van der Waals surface area (Å²) in [5, 5.41) is 23.9. The predicted molar refractivity (Wildman–Crippen MR) is 72.1 cm³/mol. The molecule has 0 aliphatic rings. The van der Waals surface area contributed by atoms with Crippen LogP contribution in [0.25, 0.3) is 0 Å². The quantitative estimate of drug-likeness (QED) is 0.616. The summed E-state index contributed by atoms with van der Waals surface area (Å²) in [6, 6.07) is 4.67. The van der Waals surface area contributed by atoms with E-state index in [1.807, 2.05) is 6.92 Å². The van der Waals surface area contributed by atoms with Crippen LogP contribution in [0.1, 0.15) is 26.7 Å². The molecule has 0 saturated carbocycles. The Hall–Kier alpha value is -1.33. The molecule has 0 amide bonds. The second-order valence-corrected chi connectivity index (χ2v) is 4.90. The van der Waals surface area contributed by atoms with Crippen LogP contribution < -0.4 is 5.32 Å². The first-order valence-electron chi connectivity index (χ1n) is 5.76. The fourth-order valence-corrected chi connectivity index (χ4v) is 2.00. The van der Waals surface area contributed by atoms with E-state index in [9.17, 15) is 15.2 Å². The van der Waals surface area contributed by atoms with Gasteiger partial charge in [-0.25, -0.2) is 0 Å². The molecular formula is C12H17ClN2O3. The van der Waals surface area contributed by atoms with Gasteiger partial charge in [-0.2, -0.15) is 0 Å². The van der Waals surface area contributed by atoms with Gasteiger partial charge >= 0.3 is 5.69 Å². The number of para-hydroxylation sites is 1. The number of anilines is 1. The highest BCUT2D eigenvalue weighted by Crippen LogP contribution is 2.32. The fraction of sp³-hybridized carbons (Fsp3) is 0.500. The number of nitro groups is 1. The number of nitrogens with zero attached hydrogens (tertiary/aromatic N) is 1. The summed E-state index contributed by atoms with van der Waals surface area (Å²) in [7, 11) is 0. The summed E-state index contributed by atoms with van der Waals surface area (Å²) in [5.41, 5.74) is -0.736. The fourth-order valence-electron chi connectivity index (χ4n) is 1.76. The van der Waals surface area contributed by atoms with Gasteiger partial charge in [0.2, 0.25) is 0 Å². The molecule has 0 spiro atoms. The maximum atomic E-state index is 10.9. The molecule has 0 aromatic heterocycles. The Balaban J connectivity index is 2.85. The number of hydrogen-bond donors (Lipinski definition) is 2. The minimum atomic E-state index is -0.898. The van der Waals surface area contributed by atoms with Crippen LogP contribution in [0.5, 0.6) is 0 Å². The standard InChI is InChI=1S/C12H17ClN2O3/c1-3-7-12(2,16)8-14-10-6-4-5-9(13)11(10)15(17)18/h4-6,14,16H,3,7-8H2,1-2H3. The molecule has 6 heteroatoms. The van der Waals surface area contributed by atoms with Gasteiger partial charge in [0, 0.05) is 6.54 Å². The van der Waals surface area contributed by atoms with E-state index < -0.39 is 10.5 Å². The van der Waals surface area contributed by atoms with E-state index in [-0.39, 0.29) is 17.3 Å². The van der Waals surface area contributed by atoms with Crippen molar-refractivity contribution in [3.63, 3.8) is 0 Å². The molecule has 0 heterocycles. The largest absolute Gasteiger partial charge is 0.388 e. The van der Waals surface area contributed by atoms with Gasteiger partial charge in [-0.15, -0.1) is 0 Å². The van der Waals surface area contributed by atoms with Crippen LogP contribution in [0.3, 0.4) is 0 Å². The number of nitrogens with one attached hydrogen (secondary N) is 1. The van der Waals surface area contributed by atoms with E-state index in [2.05, 4.69) is 5.32 Å². The minimum Gasteiger partial charge on any atom is -0.388 e. The molecule has 18 heavy (non-hydrogen) atoms. The van der Waals surface area contributed by atoms with E-state index >= 15 is 0 Å². The van der Waals surface area contributed by atoms with Crippen molar-refractivity contribution in [1.29, 1.82) is 0 Å². The van der Waals surface area contributed by atoms with Crippen LogP contribution in [0.15, 0.2) is 18.2 Å². The van der Waals surface area contributed by atoms with Crippen molar-refractivity contribution in [2.75, 3.05) is 11.9 Å². The van der Waals surface area contributed by atoms with Crippen LogP contribution in [0, 0.1) is 10.1 Å². The second kappa shape index (κ2) is 6.02. The molecule has 1 atom stereocenters. The molecule has 5 nitrogen and oxygen atoms in total. The summed E-state index contributed by atoms with van der Waals surface area (Å²) in [6.07, 6.45) is 1.46. The van der Waals surface area contributed by atoms with Crippen LogP contribution in [0.4, 0.5) is 11.4 Å². The molecule has 0 radical (unpaired) electrons. The van der Waals surface area contributed by atoms with E-state index in [4.69, 9.17) is 11.6 Å². The number of rotatable bonds is 6. The number of hydrogen-bond acceptors (Lipinski definition) is 4. The first kappa shape index (κ1) is 14.7. The van der Waals surface area contributed by atoms with E-state index in [1.165, 1.54) is 6.07 Å². The molecule has 0 fully saturated rings. The van der Waals surface area contributed by atoms with Crippen molar-refractivity contribution in [2.45, 2.75) is 32.3 Å². The molecular weight excluding hydrogens is 256 g/mol. The number of benzene rings is 1. The van der Waals surface area contributed by atoms with E-state index in [0.29, 0.717) is 12.1 Å². The predicted octanol–water partition coefficient (Wildman–Crippen LogP) is 3.21. The van der Waals surface area contributed by atoms with Gasteiger partial charge in [-0.3, -0.25) is 10.1 Å². The molecule has 0 aliphatic heterocycles. The van der Waals surface area contributed by atoms with Crippen molar-refractivity contribution < 1.29 is 10.0 Å². The lowest BCUT2D eigenvalue weighted by atomic mass is 10.0. The van der Waals surface area contributed by atoms with Gasteiger partial charge in [-0.1, -0.05) is 31.0 Å². The summed E-state index contributed by atoms with van der Waals surface area (Å²) >= 11 is 5.79. The molecule has 0 bridgehead atoms. The first-order valence-corrected chi connectivity index (χ1v) is 6.14. The lowest BCUT2D eigenvalue weighted by Gasteiger charge is -2.23. The molecule has 1 aromatic rings. The Morgan fingerprint density at radius 1 is 1.56 bits per heavy atom. The third-order valence-corrected chi connectivity index (χ3v) is 2.92. The van der Waals surface area contributed by atoms with Crippen LogP contribution in [-0.4, -0.2) is 22.2 Å². The van der Waals surface area contributed by atoms with Crippen LogP contribution >= 0.6 is 11.6 Å². The topological polar surface area (TPSA) is 75.4 Å². The van der Waals surface area contributed by atoms with Crippen molar-refractivity contribution in [3.8, 4) is 0 Å². The third kappa shape index (κ3) is 3.85. The van der Waals surface area contributed by atoms with Gasteiger partial charge in [0.25, 0.3) is 0 Å². The minimum absolute atomic E-state index is 0.0835. The summed E-state index contributed by atoms with van der Waals surface area (Å²) in [6.45, 7) is 3.90. The van der Waals surface area contributed by atoms with Gasteiger partial charge in [0.15, 0.2) is 0 Å². The average Bonchev–Trinajstić information content (AvgIpc) is 2.26. The zero-order valence-corrected chi connectivity index (χ0v) is 11.2. The Morgan fingerprint density at radius 2 is 2.22 bits per heavy atom. The highest BCUT2D eigenvalue weighted by molar-refractivity contribution is 6.33. The Kier molecular flexibility index (Phi) is 4.93. The number of halogens is 1. The third-order valence-electron chi connectivity index (χ3n) is 2.62.